The van der Waals surface area contributed by atoms with Gasteiger partial charge in [-0.05, 0) is 32.9 Å². The summed E-state index contributed by atoms with van der Waals surface area (Å²) < 4.78 is 0. The molecule has 0 bridgehead atoms. The Balaban J connectivity index is 1.82. The second-order valence-corrected chi connectivity index (χ2v) is 5.84. The standard InChI is InChI=1S/C14H17N3S/c1-10-2-4-11(5-3-10)13-16-17-14(18-13)12-6-8-15-9-7-12/h2-5,12,15H,6-9H2,1H3. The Morgan fingerprint density at radius 2 is 1.83 bits per heavy atom. The Morgan fingerprint density at radius 3 is 2.56 bits per heavy atom. The van der Waals surface area contributed by atoms with Crippen LogP contribution in [-0.4, -0.2) is 23.3 Å². The average molecular weight is 259 g/mol. The first-order chi connectivity index (χ1) is 8.83. The van der Waals surface area contributed by atoms with Crippen LogP contribution in [0.2, 0.25) is 0 Å². The molecule has 0 radical (unpaired) electrons. The van der Waals surface area contributed by atoms with Gasteiger partial charge < -0.3 is 5.32 Å². The molecule has 0 spiro atoms. The highest BCUT2D eigenvalue weighted by molar-refractivity contribution is 7.14. The number of aryl methyl sites for hydroxylation is 1. The molecule has 3 rings (SSSR count). The van der Waals surface area contributed by atoms with E-state index < -0.39 is 0 Å². The Kier molecular flexibility index (Phi) is 3.39. The molecule has 4 heteroatoms. The van der Waals surface area contributed by atoms with E-state index in [2.05, 4.69) is 46.7 Å². The van der Waals surface area contributed by atoms with Gasteiger partial charge in [-0.25, -0.2) is 0 Å². The van der Waals surface area contributed by atoms with Gasteiger partial charge in [0.25, 0.3) is 0 Å². The highest BCUT2D eigenvalue weighted by Crippen LogP contribution is 2.31. The maximum Gasteiger partial charge on any atom is 0.147 e. The molecule has 2 heterocycles. The summed E-state index contributed by atoms with van der Waals surface area (Å²) in [6, 6.07) is 8.51. The Bertz CT molecular complexity index is 512. The number of rotatable bonds is 2. The number of hydrogen-bond donors (Lipinski definition) is 1. The maximum absolute atomic E-state index is 4.38. The van der Waals surface area contributed by atoms with Gasteiger partial charge in [-0.15, -0.1) is 10.2 Å². The minimum absolute atomic E-state index is 0.600. The predicted molar refractivity (Wildman–Crippen MR) is 74.9 cm³/mol. The van der Waals surface area contributed by atoms with Crippen molar-refractivity contribution in [2.24, 2.45) is 0 Å². The zero-order valence-electron chi connectivity index (χ0n) is 10.5. The fraction of sp³-hybridized carbons (Fsp3) is 0.429. The monoisotopic (exact) mass is 259 g/mol. The third-order valence-electron chi connectivity index (χ3n) is 3.43. The maximum atomic E-state index is 4.38. The molecular formula is C14H17N3S. The summed E-state index contributed by atoms with van der Waals surface area (Å²) in [4.78, 5) is 0. The summed E-state index contributed by atoms with van der Waals surface area (Å²) in [6.45, 7) is 4.30. The highest BCUT2D eigenvalue weighted by atomic mass is 32.1. The molecule has 0 aliphatic carbocycles. The van der Waals surface area contributed by atoms with Gasteiger partial charge in [0.1, 0.15) is 10.0 Å². The van der Waals surface area contributed by atoms with Gasteiger partial charge >= 0.3 is 0 Å². The lowest BCUT2D eigenvalue weighted by Gasteiger charge is -2.19. The first-order valence-corrected chi connectivity index (χ1v) is 7.26. The van der Waals surface area contributed by atoms with E-state index in [1.54, 1.807) is 11.3 Å². The molecule has 1 saturated heterocycles. The molecule has 0 amide bonds. The Labute approximate surface area is 111 Å². The first kappa shape index (κ1) is 11.8. The molecule has 1 aromatic carbocycles. The molecule has 0 unspecified atom stereocenters. The van der Waals surface area contributed by atoms with E-state index in [1.807, 2.05) is 0 Å². The van der Waals surface area contributed by atoms with Crippen LogP contribution in [0.25, 0.3) is 10.6 Å². The summed E-state index contributed by atoms with van der Waals surface area (Å²) in [5.74, 6) is 0.600. The van der Waals surface area contributed by atoms with Crippen LogP contribution in [0.1, 0.15) is 29.3 Å². The molecule has 2 aromatic rings. The van der Waals surface area contributed by atoms with Crippen molar-refractivity contribution in [3.05, 3.63) is 34.8 Å². The first-order valence-electron chi connectivity index (χ1n) is 6.44. The fourth-order valence-electron chi connectivity index (χ4n) is 2.28. The number of aromatic nitrogens is 2. The number of benzene rings is 1. The van der Waals surface area contributed by atoms with Gasteiger partial charge in [-0.2, -0.15) is 0 Å². The quantitative estimate of drug-likeness (QED) is 0.901. The number of hydrogen-bond acceptors (Lipinski definition) is 4. The summed E-state index contributed by atoms with van der Waals surface area (Å²) in [6.07, 6.45) is 2.37. The molecular weight excluding hydrogens is 242 g/mol. The molecule has 18 heavy (non-hydrogen) atoms. The topological polar surface area (TPSA) is 37.8 Å². The molecule has 1 fully saturated rings. The fourth-order valence-corrected chi connectivity index (χ4v) is 3.30. The summed E-state index contributed by atoms with van der Waals surface area (Å²) in [5, 5.41) is 14.4. The highest BCUT2D eigenvalue weighted by Gasteiger charge is 2.19. The third kappa shape index (κ3) is 2.44. The minimum atomic E-state index is 0.600. The van der Waals surface area contributed by atoms with Gasteiger partial charge in [0.05, 0.1) is 0 Å². The number of nitrogens with zero attached hydrogens (tertiary/aromatic N) is 2. The van der Waals surface area contributed by atoms with Crippen molar-refractivity contribution < 1.29 is 0 Å². The zero-order valence-corrected chi connectivity index (χ0v) is 11.3. The van der Waals surface area contributed by atoms with E-state index in [4.69, 9.17) is 0 Å². The van der Waals surface area contributed by atoms with Crippen molar-refractivity contribution in [1.82, 2.24) is 15.5 Å². The van der Waals surface area contributed by atoms with Crippen molar-refractivity contribution >= 4 is 11.3 Å². The van der Waals surface area contributed by atoms with Gasteiger partial charge in [0.15, 0.2) is 0 Å². The summed E-state index contributed by atoms with van der Waals surface area (Å²) >= 11 is 1.75. The molecule has 1 aliphatic rings. The van der Waals surface area contributed by atoms with Crippen LogP contribution in [0.15, 0.2) is 24.3 Å². The van der Waals surface area contributed by atoms with Crippen molar-refractivity contribution in [2.75, 3.05) is 13.1 Å². The van der Waals surface area contributed by atoms with E-state index in [9.17, 15) is 0 Å². The van der Waals surface area contributed by atoms with Crippen LogP contribution in [-0.2, 0) is 0 Å². The van der Waals surface area contributed by atoms with Crippen molar-refractivity contribution in [2.45, 2.75) is 25.7 Å². The van der Waals surface area contributed by atoms with E-state index in [0.717, 1.165) is 18.1 Å². The van der Waals surface area contributed by atoms with Crippen LogP contribution in [0.5, 0.6) is 0 Å². The molecule has 0 saturated carbocycles. The Hall–Kier alpha value is -1.26. The molecule has 1 aromatic heterocycles. The second-order valence-electron chi connectivity index (χ2n) is 4.84. The van der Waals surface area contributed by atoms with E-state index in [1.165, 1.54) is 29.0 Å². The molecule has 0 atom stereocenters. The summed E-state index contributed by atoms with van der Waals surface area (Å²) in [7, 11) is 0. The van der Waals surface area contributed by atoms with Crippen molar-refractivity contribution in [3.63, 3.8) is 0 Å². The molecule has 3 nitrogen and oxygen atoms in total. The van der Waals surface area contributed by atoms with Gasteiger partial charge in [-0.1, -0.05) is 41.2 Å². The molecule has 94 valence electrons. The van der Waals surface area contributed by atoms with Crippen molar-refractivity contribution in [3.8, 4) is 10.6 Å². The van der Waals surface area contributed by atoms with Crippen LogP contribution >= 0.6 is 11.3 Å². The van der Waals surface area contributed by atoms with E-state index in [0.29, 0.717) is 5.92 Å². The van der Waals surface area contributed by atoms with Crippen LogP contribution < -0.4 is 5.32 Å². The second kappa shape index (κ2) is 5.16. The largest absolute Gasteiger partial charge is 0.317 e. The van der Waals surface area contributed by atoms with Crippen LogP contribution in [0, 0.1) is 6.92 Å². The SMILES string of the molecule is Cc1ccc(-c2nnc(C3CCNCC3)s2)cc1. The van der Waals surface area contributed by atoms with Crippen LogP contribution in [0.3, 0.4) is 0 Å². The Morgan fingerprint density at radius 1 is 1.11 bits per heavy atom. The zero-order chi connectivity index (χ0) is 12.4. The van der Waals surface area contributed by atoms with Crippen molar-refractivity contribution in [1.29, 1.82) is 0 Å². The molecule has 1 N–H and O–H groups in total. The van der Waals surface area contributed by atoms with E-state index >= 15 is 0 Å². The van der Waals surface area contributed by atoms with Gasteiger partial charge in [-0.3, -0.25) is 0 Å². The summed E-state index contributed by atoms with van der Waals surface area (Å²) in [5.41, 5.74) is 2.46. The normalized spacial score (nSPS) is 16.9. The number of piperidine rings is 1. The van der Waals surface area contributed by atoms with Gasteiger partial charge in [0, 0.05) is 11.5 Å². The number of nitrogens with one attached hydrogen (secondary N) is 1. The molecule has 1 aliphatic heterocycles. The third-order valence-corrected chi connectivity index (χ3v) is 4.56. The minimum Gasteiger partial charge on any atom is -0.317 e. The lowest BCUT2D eigenvalue weighted by molar-refractivity contribution is 0.457. The predicted octanol–water partition coefficient (Wildman–Crippen LogP) is 2.98. The van der Waals surface area contributed by atoms with Gasteiger partial charge in [0.2, 0.25) is 0 Å². The van der Waals surface area contributed by atoms with E-state index in [-0.39, 0.29) is 0 Å². The lowest BCUT2D eigenvalue weighted by Crippen LogP contribution is -2.26. The average Bonchev–Trinajstić information content (AvgIpc) is 2.90. The smallest absolute Gasteiger partial charge is 0.147 e. The van der Waals surface area contributed by atoms with Crippen LogP contribution in [0.4, 0.5) is 0 Å². The lowest BCUT2D eigenvalue weighted by atomic mass is 9.99.